The van der Waals surface area contributed by atoms with Gasteiger partial charge in [-0.15, -0.1) is 0 Å². The first-order valence-corrected chi connectivity index (χ1v) is 14.3. The van der Waals surface area contributed by atoms with Gasteiger partial charge in [0.2, 0.25) is 15.3 Å². The van der Waals surface area contributed by atoms with Crippen LogP contribution < -0.4 is 10.0 Å². The van der Waals surface area contributed by atoms with Gasteiger partial charge in [0.15, 0.2) is 0 Å². The summed E-state index contributed by atoms with van der Waals surface area (Å²) in [5.74, 6) is -1.48. The summed E-state index contributed by atoms with van der Waals surface area (Å²) in [4.78, 5) is 20.8. The van der Waals surface area contributed by atoms with Gasteiger partial charge in [-0.3, -0.25) is 14.7 Å². The number of nitrogens with one attached hydrogen (secondary N) is 2. The number of sulfonamides is 1. The van der Waals surface area contributed by atoms with Crippen LogP contribution in [0.25, 0.3) is 0 Å². The van der Waals surface area contributed by atoms with Crippen LogP contribution in [0.3, 0.4) is 0 Å². The molecule has 1 atom stereocenters. The van der Waals surface area contributed by atoms with Crippen LogP contribution in [-0.2, 0) is 14.8 Å². The van der Waals surface area contributed by atoms with Crippen LogP contribution in [0.4, 0.5) is 5.69 Å². The van der Waals surface area contributed by atoms with Crippen LogP contribution in [0.2, 0.25) is 0 Å². The van der Waals surface area contributed by atoms with Crippen molar-refractivity contribution in [1.29, 1.82) is 0 Å². The summed E-state index contributed by atoms with van der Waals surface area (Å²) in [7, 11) is -4.16. The predicted octanol–water partition coefficient (Wildman–Crippen LogP) is 1.35. The molecule has 35 heavy (non-hydrogen) atoms. The van der Waals surface area contributed by atoms with Crippen LogP contribution in [0, 0.1) is 0 Å². The van der Waals surface area contributed by atoms with Gasteiger partial charge in [0.05, 0.1) is 5.60 Å². The minimum absolute atomic E-state index is 0.171. The number of hydrogen-bond donors (Lipinski definition) is 4. The predicted molar refractivity (Wildman–Crippen MR) is 136 cm³/mol. The molecule has 0 spiro atoms. The van der Waals surface area contributed by atoms with Crippen molar-refractivity contribution in [3.8, 4) is 0 Å². The Bertz CT molecular complexity index is 885. The Morgan fingerprint density at radius 2 is 1.80 bits per heavy atom. The van der Waals surface area contributed by atoms with Gasteiger partial charge in [0.25, 0.3) is 0 Å². The fraction of sp³-hybridized carbons (Fsp3) is 0.750. The highest BCUT2D eigenvalue weighted by Crippen LogP contribution is 2.36. The number of nitrogens with zero attached hydrogens (tertiary/aromatic N) is 3. The molecule has 2 aliphatic rings. The molecule has 2 heterocycles. The lowest BCUT2D eigenvalue weighted by Gasteiger charge is -2.45. The molecule has 0 radical (unpaired) electrons. The van der Waals surface area contributed by atoms with Crippen molar-refractivity contribution in [2.75, 3.05) is 51.1 Å². The lowest BCUT2D eigenvalue weighted by atomic mass is 9.79. The molecule has 0 bridgehead atoms. The molecule has 4 N–H and O–H groups in total. The van der Waals surface area contributed by atoms with E-state index in [0.717, 1.165) is 57.8 Å². The van der Waals surface area contributed by atoms with Gasteiger partial charge in [0.1, 0.15) is 0 Å². The van der Waals surface area contributed by atoms with E-state index >= 15 is 0 Å². The molecule has 0 aromatic carbocycles. The van der Waals surface area contributed by atoms with Crippen molar-refractivity contribution in [2.45, 2.75) is 68.8 Å². The van der Waals surface area contributed by atoms with Crippen molar-refractivity contribution in [1.82, 2.24) is 19.5 Å². The van der Waals surface area contributed by atoms with E-state index in [9.17, 15) is 23.4 Å². The van der Waals surface area contributed by atoms with E-state index in [1.165, 1.54) is 0 Å². The van der Waals surface area contributed by atoms with Crippen LogP contribution in [-0.4, -0.2) is 102 Å². The van der Waals surface area contributed by atoms with Crippen molar-refractivity contribution < 1.29 is 23.4 Å². The van der Waals surface area contributed by atoms with E-state index in [-0.39, 0.29) is 25.4 Å². The second-order valence-electron chi connectivity index (χ2n) is 9.74. The zero-order valence-electron chi connectivity index (χ0n) is 20.7. The maximum atomic E-state index is 12.7. The first kappa shape index (κ1) is 27.8. The highest BCUT2D eigenvalue weighted by atomic mass is 32.2. The molecule has 1 aromatic rings. The summed E-state index contributed by atoms with van der Waals surface area (Å²) < 4.78 is 27.8. The van der Waals surface area contributed by atoms with Crippen molar-refractivity contribution in [2.24, 2.45) is 0 Å². The summed E-state index contributed by atoms with van der Waals surface area (Å²) in [6, 6.07) is 4.17. The SMILES string of the molecule is CCCCNS(=O)(=O)C(C(=O)O)C1(O)CCC(N2CCN(CCCNc3ccncc3)CC2)CC1. The maximum absolute atomic E-state index is 12.7. The third-order valence-corrected chi connectivity index (χ3v) is 9.13. The van der Waals surface area contributed by atoms with Crippen LogP contribution >= 0.6 is 0 Å². The largest absolute Gasteiger partial charge is 0.480 e. The van der Waals surface area contributed by atoms with Crippen LogP contribution in [0.5, 0.6) is 0 Å². The Morgan fingerprint density at radius 1 is 1.14 bits per heavy atom. The molecule has 3 rings (SSSR count). The lowest BCUT2D eigenvalue weighted by Crippen LogP contribution is -2.59. The highest BCUT2D eigenvalue weighted by Gasteiger charge is 2.51. The third kappa shape index (κ3) is 7.85. The van der Waals surface area contributed by atoms with Gasteiger partial charge in [-0.2, -0.15) is 0 Å². The number of pyridine rings is 1. The number of aliphatic hydroxyl groups is 1. The normalized spacial score (nSPS) is 25.3. The fourth-order valence-electron chi connectivity index (χ4n) is 5.21. The zero-order valence-corrected chi connectivity index (χ0v) is 21.5. The van der Waals surface area contributed by atoms with Crippen molar-refractivity contribution >= 4 is 21.7 Å². The standard InChI is InChI=1S/C24H41N5O5S/c1-2-3-12-27-35(33,34)22(23(30)31)24(32)9-5-21(6-10-24)29-18-16-28(17-19-29)15-4-11-26-20-7-13-25-14-8-20/h7-8,13-14,21-22,27,32H,2-6,9-12,15-19H2,1H3,(H,25,26)(H,30,31). The highest BCUT2D eigenvalue weighted by molar-refractivity contribution is 7.91. The number of carboxylic acids is 1. The zero-order chi connectivity index (χ0) is 25.3. The molecule has 1 saturated carbocycles. The Labute approximate surface area is 209 Å². The fourth-order valence-corrected chi connectivity index (χ4v) is 6.89. The van der Waals surface area contributed by atoms with Crippen molar-refractivity contribution in [3.05, 3.63) is 24.5 Å². The van der Waals surface area contributed by atoms with E-state index in [4.69, 9.17) is 0 Å². The quantitative estimate of drug-likeness (QED) is 0.289. The summed E-state index contributed by atoms with van der Waals surface area (Å²) in [5, 5.41) is 22.4. The third-order valence-electron chi connectivity index (χ3n) is 7.26. The molecule has 198 valence electrons. The van der Waals surface area contributed by atoms with Crippen LogP contribution in [0.15, 0.2) is 24.5 Å². The molecule has 1 aliphatic heterocycles. The van der Waals surface area contributed by atoms with E-state index in [1.54, 1.807) is 12.4 Å². The van der Waals surface area contributed by atoms with Gasteiger partial charge < -0.3 is 20.4 Å². The lowest BCUT2D eigenvalue weighted by molar-refractivity contribution is -0.143. The van der Waals surface area contributed by atoms with Gasteiger partial charge >= 0.3 is 5.97 Å². The molecular weight excluding hydrogens is 470 g/mol. The number of hydrogen-bond acceptors (Lipinski definition) is 8. The first-order valence-electron chi connectivity index (χ1n) is 12.8. The first-order chi connectivity index (χ1) is 16.7. The molecule has 11 heteroatoms. The number of aromatic nitrogens is 1. The molecule has 0 amide bonds. The molecular formula is C24H41N5O5S. The minimum Gasteiger partial charge on any atom is -0.480 e. The number of aliphatic carboxylic acids is 1. The molecule has 10 nitrogen and oxygen atoms in total. The minimum atomic E-state index is -4.16. The van der Waals surface area contributed by atoms with Crippen molar-refractivity contribution in [3.63, 3.8) is 0 Å². The average Bonchev–Trinajstić information content (AvgIpc) is 2.83. The Balaban J connectivity index is 1.42. The molecule has 1 aliphatic carbocycles. The monoisotopic (exact) mass is 511 g/mol. The van der Waals surface area contributed by atoms with Gasteiger partial charge in [-0.05, 0) is 57.2 Å². The second-order valence-corrected chi connectivity index (χ2v) is 11.6. The van der Waals surface area contributed by atoms with Gasteiger partial charge in [-0.25, -0.2) is 13.1 Å². The van der Waals surface area contributed by atoms with Crippen LogP contribution in [0.1, 0.15) is 51.9 Å². The number of carbonyl (C=O) groups is 1. The van der Waals surface area contributed by atoms with Gasteiger partial charge in [0, 0.05) is 63.4 Å². The Morgan fingerprint density at radius 3 is 2.40 bits per heavy atom. The molecule has 2 fully saturated rings. The number of rotatable bonds is 13. The maximum Gasteiger partial charge on any atom is 0.326 e. The van der Waals surface area contributed by atoms with E-state index in [2.05, 4.69) is 24.8 Å². The average molecular weight is 512 g/mol. The molecule has 1 unspecified atom stereocenters. The summed E-state index contributed by atoms with van der Waals surface area (Å²) >= 11 is 0. The number of unbranched alkanes of at least 4 members (excludes halogenated alkanes) is 1. The smallest absolute Gasteiger partial charge is 0.326 e. The number of carboxylic acid groups (broad SMARTS) is 1. The molecule has 1 aromatic heterocycles. The second kappa shape index (κ2) is 13.0. The Hall–Kier alpha value is -1.79. The number of piperazine rings is 1. The summed E-state index contributed by atoms with van der Waals surface area (Å²) in [6.07, 6.45) is 7.56. The Kier molecular flexibility index (Phi) is 10.3. The van der Waals surface area contributed by atoms with E-state index in [1.807, 2.05) is 19.1 Å². The molecule has 1 saturated heterocycles. The van der Waals surface area contributed by atoms with E-state index < -0.39 is 26.8 Å². The summed E-state index contributed by atoms with van der Waals surface area (Å²) in [6.45, 7) is 7.86. The topological polar surface area (TPSA) is 135 Å². The van der Waals surface area contributed by atoms with Gasteiger partial charge in [-0.1, -0.05) is 13.3 Å². The summed E-state index contributed by atoms with van der Waals surface area (Å²) in [5.41, 5.74) is -0.666. The number of anilines is 1. The van der Waals surface area contributed by atoms with E-state index in [0.29, 0.717) is 19.3 Å².